The van der Waals surface area contributed by atoms with Crippen molar-refractivity contribution in [1.82, 2.24) is 39.5 Å². The fraction of sp³-hybridized carbons (Fsp3) is 0.308. The molecule has 18 nitrogen and oxygen atoms in total. The van der Waals surface area contributed by atoms with Gasteiger partial charge in [-0.25, -0.2) is 19.7 Å². The quantitative estimate of drug-likeness (QED) is 0.0841. The molecule has 0 atom stereocenters. The van der Waals surface area contributed by atoms with Gasteiger partial charge in [0.2, 0.25) is 11.9 Å². The number of anilines is 6. The number of halogens is 1. The Labute approximate surface area is 423 Å². The second-order valence-electron chi connectivity index (χ2n) is 18.3. The van der Waals surface area contributed by atoms with Gasteiger partial charge in [-0.15, -0.1) is 0 Å². The summed E-state index contributed by atoms with van der Waals surface area (Å²) in [7, 11) is 3.56. The van der Waals surface area contributed by atoms with Gasteiger partial charge in [0.25, 0.3) is 0 Å². The van der Waals surface area contributed by atoms with Crippen LogP contribution in [0.15, 0.2) is 109 Å². The average molecular weight is 985 g/mol. The van der Waals surface area contributed by atoms with E-state index in [2.05, 4.69) is 103 Å². The first-order valence-corrected chi connectivity index (χ1v) is 23.9. The molecule has 4 aromatic carbocycles. The SMILES string of the molecule is Cn1ncc2ccc(B3OC(C)(C)C(C)(C)O3)cc21.[C-]#[N+]c1ccc(Nc2cc(-c3ccc4cnn(C)c4c3)nc(N3CCOCC3)n2)cc1.[C-]#[N+]c1ccc(Nc2cc(Cl)nc(N3CCOCC3)n2)cc1. The second-order valence-corrected chi connectivity index (χ2v) is 18.7. The first-order valence-electron chi connectivity index (χ1n) is 23.5. The first kappa shape index (κ1) is 49.3. The zero-order chi connectivity index (χ0) is 50.4. The summed E-state index contributed by atoms with van der Waals surface area (Å²) in [5.41, 5.74) is 7.31. The number of rotatable bonds is 8. The summed E-state index contributed by atoms with van der Waals surface area (Å²) in [4.78, 5) is 29.4. The summed E-state index contributed by atoms with van der Waals surface area (Å²) in [5.74, 6) is 2.59. The third-order valence-electron chi connectivity index (χ3n) is 12.9. The third-order valence-corrected chi connectivity index (χ3v) is 13.1. The Bertz CT molecular complexity index is 3250. The zero-order valence-corrected chi connectivity index (χ0v) is 41.8. The van der Waals surface area contributed by atoms with E-state index in [1.807, 2.05) is 77.2 Å². The number of aryl methyl sites for hydroxylation is 2. The van der Waals surface area contributed by atoms with Gasteiger partial charge in [0.15, 0.2) is 11.4 Å². The van der Waals surface area contributed by atoms with Crippen LogP contribution in [0, 0.1) is 13.1 Å². The number of benzene rings is 4. The normalized spacial score (nSPS) is 16.0. The van der Waals surface area contributed by atoms with E-state index in [1.54, 1.807) is 30.3 Å². The van der Waals surface area contributed by atoms with Crippen LogP contribution in [0.2, 0.25) is 5.15 Å². The van der Waals surface area contributed by atoms with E-state index in [-0.39, 0.29) is 18.3 Å². The molecule has 0 bridgehead atoms. The minimum Gasteiger partial charge on any atom is -0.399 e. The molecular formula is C52H54BClN14O4. The van der Waals surface area contributed by atoms with Crippen LogP contribution in [-0.4, -0.2) is 110 Å². The van der Waals surface area contributed by atoms with Gasteiger partial charge in [-0.3, -0.25) is 9.36 Å². The molecule has 0 aliphatic carbocycles. The van der Waals surface area contributed by atoms with Gasteiger partial charge in [-0.1, -0.05) is 60.1 Å². The monoisotopic (exact) mass is 984 g/mol. The van der Waals surface area contributed by atoms with Crippen LogP contribution in [0.1, 0.15) is 27.7 Å². The molecule has 0 spiro atoms. The van der Waals surface area contributed by atoms with Crippen LogP contribution in [-0.2, 0) is 32.9 Å². The first-order chi connectivity index (χ1) is 34.7. The smallest absolute Gasteiger partial charge is 0.399 e. The lowest BCUT2D eigenvalue weighted by atomic mass is 9.79. The number of nitrogens with one attached hydrogen (secondary N) is 2. The number of hydrogen-bond acceptors (Lipinski definition) is 14. The predicted molar refractivity (Wildman–Crippen MR) is 283 cm³/mol. The number of morpholine rings is 2. The Morgan fingerprint density at radius 2 is 1.06 bits per heavy atom. The van der Waals surface area contributed by atoms with Gasteiger partial charge < -0.3 is 39.2 Å². The van der Waals surface area contributed by atoms with E-state index in [0.717, 1.165) is 76.1 Å². The highest BCUT2D eigenvalue weighted by atomic mass is 35.5. The molecule has 0 amide bonds. The maximum atomic E-state index is 7.12. The highest BCUT2D eigenvalue weighted by molar-refractivity contribution is 6.62. The van der Waals surface area contributed by atoms with Crippen LogP contribution < -0.4 is 25.9 Å². The maximum Gasteiger partial charge on any atom is 0.494 e. The van der Waals surface area contributed by atoms with Crippen molar-refractivity contribution in [3.63, 3.8) is 0 Å². The van der Waals surface area contributed by atoms with Gasteiger partial charge in [0.1, 0.15) is 16.8 Å². The molecule has 11 rings (SSSR count). The molecule has 20 heteroatoms. The molecule has 8 aromatic rings. The van der Waals surface area contributed by atoms with Crippen LogP contribution in [0.5, 0.6) is 0 Å². The van der Waals surface area contributed by atoms with E-state index in [4.69, 9.17) is 53.5 Å². The predicted octanol–water partition coefficient (Wildman–Crippen LogP) is 9.29. The standard InChI is InChI=1S/C23H21N7O.C15H14ClN5O.C14H19BN2O2/c1-24-18-5-7-19(8-6-18)26-22-14-20(27-23(28-22)30-9-11-31-12-10-30)16-3-4-17-15-25-29(2)21(17)13-16;1-17-11-2-4-12(5-3-11)18-14-10-13(16)19-15(20-14)21-6-8-22-9-7-21;1-13(2)14(3,4)19-15(18-13)11-7-6-10-9-16-17(5)12(10)8-11/h3-8,13-15H,9-12H2,2H3,(H,26,27,28);2-5,10H,6-9H2,(H,18,19,20);6-9H,1-5H3. The Balaban J connectivity index is 0.000000138. The summed E-state index contributed by atoms with van der Waals surface area (Å²) < 4.78 is 26.7. The largest absolute Gasteiger partial charge is 0.494 e. The van der Waals surface area contributed by atoms with Gasteiger partial charge in [-0.2, -0.15) is 20.2 Å². The topological polar surface area (TPSA) is 163 Å². The molecule has 3 fully saturated rings. The number of ether oxygens (including phenoxy) is 2. The van der Waals surface area contributed by atoms with Crippen LogP contribution in [0.25, 0.3) is 42.8 Å². The van der Waals surface area contributed by atoms with Crippen molar-refractivity contribution in [3.8, 4) is 11.3 Å². The van der Waals surface area contributed by atoms with E-state index in [9.17, 15) is 0 Å². The Hall–Kier alpha value is -7.65. The minimum absolute atomic E-state index is 0.306. The minimum atomic E-state index is -0.315. The number of nitrogens with zero attached hydrogens (tertiary/aromatic N) is 12. The summed E-state index contributed by atoms with van der Waals surface area (Å²) in [5, 5.41) is 17.7. The molecule has 7 heterocycles. The zero-order valence-electron chi connectivity index (χ0n) is 41.0. The molecule has 72 heavy (non-hydrogen) atoms. The summed E-state index contributed by atoms with van der Waals surface area (Å²) in [6.45, 7) is 28.0. The molecule has 0 radical (unpaired) electrons. The van der Waals surface area contributed by atoms with Crippen LogP contribution in [0.3, 0.4) is 0 Å². The van der Waals surface area contributed by atoms with Crippen molar-refractivity contribution in [2.24, 2.45) is 14.1 Å². The molecule has 366 valence electrons. The van der Waals surface area contributed by atoms with Crippen molar-refractivity contribution in [3.05, 3.63) is 137 Å². The number of fused-ring (bicyclic) bond motifs is 2. The summed E-state index contributed by atoms with van der Waals surface area (Å²) >= 11 is 6.09. The lowest BCUT2D eigenvalue weighted by Crippen LogP contribution is -2.41. The Morgan fingerprint density at radius 1 is 0.583 bits per heavy atom. The van der Waals surface area contributed by atoms with Gasteiger partial charge in [0.05, 0.1) is 79.9 Å². The van der Waals surface area contributed by atoms with Crippen molar-refractivity contribution < 1.29 is 18.8 Å². The lowest BCUT2D eigenvalue weighted by molar-refractivity contribution is 0.00578. The van der Waals surface area contributed by atoms with Gasteiger partial charge >= 0.3 is 7.12 Å². The van der Waals surface area contributed by atoms with Gasteiger partial charge in [0, 0.05) is 80.1 Å². The van der Waals surface area contributed by atoms with E-state index < -0.39 is 0 Å². The molecule has 0 saturated carbocycles. The number of aromatic nitrogens is 8. The van der Waals surface area contributed by atoms with Crippen molar-refractivity contribution in [2.45, 2.75) is 38.9 Å². The molecule has 2 N–H and O–H groups in total. The van der Waals surface area contributed by atoms with E-state index in [0.29, 0.717) is 66.5 Å². The fourth-order valence-electron chi connectivity index (χ4n) is 8.05. The third kappa shape index (κ3) is 11.4. The van der Waals surface area contributed by atoms with Crippen molar-refractivity contribution in [1.29, 1.82) is 0 Å². The lowest BCUT2D eigenvalue weighted by Gasteiger charge is -2.32. The van der Waals surface area contributed by atoms with Crippen LogP contribution in [0.4, 0.5) is 46.3 Å². The van der Waals surface area contributed by atoms with Crippen molar-refractivity contribution >= 4 is 92.3 Å². The van der Waals surface area contributed by atoms with Crippen LogP contribution >= 0.6 is 11.6 Å². The molecule has 3 aliphatic heterocycles. The summed E-state index contributed by atoms with van der Waals surface area (Å²) in [6, 6.07) is 30.5. The fourth-order valence-corrected chi connectivity index (χ4v) is 8.23. The molecular weight excluding hydrogens is 931 g/mol. The second kappa shape index (κ2) is 21.4. The molecule has 3 saturated heterocycles. The molecule has 4 aromatic heterocycles. The van der Waals surface area contributed by atoms with E-state index in [1.165, 1.54) is 0 Å². The van der Waals surface area contributed by atoms with Gasteiger partial charge in [-0.05, 0) is 69.6 Å². The molecule has 3 aliphatic rings. The average Bonchev–Trinajstić information content (AvgIpc) is 4.04. The Morgan fingerprint density at radius 3 is 1.57 bits per heavy atom. The molecule has 0 unspecified atom stereocenters. The summed E-state index contributed by atoms with van der Waals surface area (Å²) in [6.07, 6.45) is 3.72. The van der Waals surface area contributed by atoms with Crippen molar-refractivity contribution in [2.75, 3.05) is 73.0 Å². The number of hydrogen-bond donors (Lipinski definition) is 2. The Kier molecular flexibility index (Phi) is 14.6. The maximum absolute atomic E-state index is 7.12. The van der Waals surface area contributed by atoms with E-state index >= 15 is 0 Å². The highest BCUT2D eigenvalue weighted by Gasteiger charge is 2.51. The highest BCUT2D eigenvalue weighted by Crippen LogP contribution is 2.37.